The molecule has 2 heterocycles. The lowest BCUT2D eigenvalue weighted by atomic mass is 9.95. The summed E-state index contributed by atoms with van der Waals surface area (Å²) in [7, 11) is 0. The van der Waals surface area contributed by atoms with Crippen LogP contribution in [0.5, 0.6) is 0 Å². The molecule has 0 saturated heterocycles. The number of aromatic nitrogens is 2. The van der Waals surface area contributed by atoms with E-state index in [9.17, 15) is 0 Å². The second kappa shape index (κ2) is 4.37. The highest BCUT2D eigenvalue weighted by Gasteiger charge is 2.20. The van der Waals surface area contributed by atoms with E-state index in [-0.39, 0.29) is 5.54 Å². The minimum atomic E-state index is 0.114. The van der Waals surface area contributed by atoms with E-state index in [0.29, 0.717) is 0 Å². The molecule has 2 rings (SSSR count). The SMILES string of the molecule is CCC(C)(CC)Nc1ncnc2sccc12. The maximum atomic E-state index is 4.34. The van der Waals surface area contributed by atoms with E-state index in [2.05, 4.69) is 47.5 Å². The highest BCUT2D eigenvalue weighted by atomic mass is 32.1. The van der Waals surface area contributed by atoms with Gasteiger partial charge < -0.3 is 5.32 Å². The fourth-order valence-electron chi connectivity index (χ4n) is 1.60. The third-order valence-electron chi connectivity index (χ3n) is 3.24. The Kier molecular flexibility index (Phi) is 3.10. The fourth-order valence-corrected chi connectivity index (χ4v) is 2.33. The first kappa shape index (κ1) is 11.3. The Hall–Kier alpha value is -1.16. The molecule has 0 aliphatic carbocycles. The van der Waals surface area contributed by atoms with Crippen LogP contribution in [-0.2, 0) is 0 Å². The number of anilines is 1. The van der Waals surface area contributed by atoms with Crippen molar-refractivity contribution >= 4 is 27.4 Å². The van der Waals surface area contributed by atoms with Crippen LogP contribution in [-0.4, -0.2) is 15.5 Å². The van der Waals surface area contributed by atoms with Crippen LogP contribution in [0.1, 0.15) is 33.6 Å². The Bertz CT molecular complexity index is 474. The van der Waals surface area contributed by atoms with Gasteiger partial charge in [-0.05, 0) is 31.2 Å². The second-order valence-electron chi connectivity index (χ2n) is 4.25. The fraction of sp³-hybridized carbons (Fsp3) is 0.500. The van der Waals surface area contributed by atoms with Crippen molar-refractivity contribution in [3.05, 3.63) is 17.8 Å². The van der Waals surface area contributed by atoms with Gasteiger partial charge in [-0.15, -0.1) is 11.3 Å². The summed E-state index contributed by atoms with van der Waals surface area (Å²) in [6.07, 6.45) is 3.80. The summed E-state index contributed by atoms with van der Waals surface area (Å²) in [5.74, 6) is 0.956. The molecule has 0 fully saturated rings. The van der Waals surface area contributed by atoms with Crippen molar-refractivity contribution < 1.29 is 0 Å². The predicted molar refractivity (Wildman–Crippen MR) is 70.0 cm³/mol. The topological polar surface area (TPSA) is 37.8 Å². The molecule has 2 aromatic rings. The smallest absolute Gasteiger partial charge is 0.138 e. The van der Waals surface area contributed by atoms with Gasteiger partial charge in [0, 0.05) is 5.54 Å². The Morgan fingerprint density at radius 1 is 1.31 bits per heavy atom. The molecule has 0 aromatic carbocycles. The first-order valence-corrected chi connectivity index (χ1v) is 6.53. The van der Waals surface area contributed by atoms with Crippen LogP contribution in [0.15, 0.2) is 17.8 Å². The standard InChI is InChI=1S/C12H17N3S/c1-4-12(3,5-2)15-10-9-6-7-16-11(9)14-8-13-10/h6-8H,4-5H2,1-3H3,(H,13,14,15). The summed E-state index contributed by atoms with van der Waals surface area (Å²) >= 11 is 1.65. The maximum absolute atomic E-state index is 4.34. The van der Waals surface area contributed by atoms with Crippen molar-refractivity contribution in [2.24, 2.45) is 0 Å². The van der Waals surface area contributed by atoms with Crippen LogP contribution in [0.2, 0.25) is 0 Å². The molecule has 0 amide bonds. The van der Waals surface area contributed by atoms with Crippen LogP contribution in [0.4, 0.5) is 5.82 Å². The largest absolute Gasteiger partial charge is 0.364 e. The van der Waals surface area contributed by atoms with E-state index in [0.717, 1.165) is 28.9 Å². The molecule has 4 heteroatoms. The summed E-state index contributed by atoms with van der Waals surface area (Å²) in [4.78, 5) is 9.64. The van der Waals surface area contributed by atoms with Gasteiger partial charge in [0.2, 0.25) is 0 Å². The third kappa shape index (κ3) is 2.02. The lowest BCUT2D eigenvalue weighted by Gasteiger charge is -2.29. The molecule has 0 bridgehead atoms. The monoisotopic (exact) mass is 235 g/mol. The summed E-state index contributed by atoms with van der Waals surface area (Å²) in [5.41, 5.74) is 0.114. The molecule has 86 valence electrons. The van der Waals surface area contributed by atoms with Gasteiger partial charge in [-0.25, -0.2) is 9.97 Å². The van der Waals surface area contributed by atoms with Crippen molar-refractivity contribution in [3.8, 4) is 0 Å². The zero-order valence-corrected chi connectivity index (χ0v) is 10.8. The normalized spacial score (nSPS) is 11.9. The second-order valence-corrected chi connectivity index (χ2v) is 5.15. The third-order valence-corrected chi connectivity index (χ3v) is 4.06. The van der Waals surface area contributed by atoms with E-state index in [1.807, 2.05) is 0 Å². The summed E-state index contributed by atoms with van der Waals surface area (Å²) < 4.78 is 0. The molecule has 16 heavy (non-hydrogen) atoms. The average molecular weight is 235 g/mol. The van der Waals surface area contributed by atoms with E-state index in [1.54, 1.807) is 17.7 Å². The predicted octanol–water partition coefficient (Wildman–Crippen LogP) is 3.68. The van der Waals surface area contributed by atoms with Crippen molar-refractivity contribution in [2.75, 3.05) is 5.32 Å². The zero-order valence-electron chi connectivity index (χ0n) is 9.95. The molecule has 0 spiro atoms. The average Bonchev–Trinajstić information content (AvgIpc) is 2.78. The van der Waals surface area contributed by atoms with Gasteiger partial charge in [0.05, 0.1) is 5.39 Å². The van der Waals surface area contributed by atoms with Gasteiger partial charge in [0.25, 0.3) is 0 Å². The summed E-state index contributed by atoms with van der Waals surface area (Å²) in [5, 5.41) is 6.72. The number of fused-ring (bicyclic) bond motifs is 1. The molecule has 0 atom stereocenters. The van der Waals surface area contributed by atoms with Crippen molar-refractivity contribution in [1.82, 2.24) is 9.97 Å². The molecule has 0 radical (unpaired) electrons. The van der Waals surface area contributed by atoms with Crippen LogP contribution in [0.25, 0.3) is 10.2 Å². The number of nitrogens with zero attached hydrogens (tertiary/aromatic N) is 2. The van der Waals surface area contributed by atoms with E-state index in [4.69, 9.17) is 0 Å². The number of rotatable bonds is 4. The highest BCUT2D eigenvalue weighted by molar-refractivity contribution is 7.16. The highest BCUT2D eigenvalue weighted by Crippen LogP contribution is 2.28. The van der Waals surface area contributed by atoms with Gasteiger partial charge in [0.15, 0.2) is 0 Å². The van der Waals surface area contributed by atoms with Crippen LogP contribution >= 0.6 is 11.3 Å². The molecule has 2 aromatic heterocycles. The minimum Gasteiger partial charge on any atom is -0.364 e. The number of hydrogen-bond donors (Lipinski definition) is 1. The van der Waals surface area contributed by atoms with Crippen molar-refractivity contribution in [1.29, 1.82) is 0 Å². The number of nitrogens with one attached hydrogen (secondary N) is 1. The molecule has 0 aliphatic heterocycles. The molecule has 0 saturated carbocycles. The quantitative estimate of drug-likeness (QED) is 0.878. The Morgan fingerprint density at radius 2 is 2.06 bits per heavy atom. The van der Waals surface area contributed by atoms with Crippen LogP contribution in [0, 0.1) is 0 Å². The minimum absolute atomic E-state index is 0.114. The van der Waals surface area contributed by atoms with E-state index >= 15 is 0 Å². The molecular weight excluding hydrogens is 218 g/mol. The van der Waals surface area contributed by atoms with Gasteiger partial charge in [-0.2, -0.15) is 0 Å². The van der Waals surface area contributed by atoms with Gasteiger partial charge in [-0.1, -0.05) is 13.8 Å². The van der Waals surface area contributed by atoms with Gasteiger partial charge in [0.1, 0.15) is 17.0 Å². The van der Waals surface area contributed by atoms with Gasteiger partial charge >= 0.3 is 0 Å². The number of hydrogen-bond acceptors (Lipinski definition) is 4. The Balaban J connectivity index is 2.37. The molecular formula is C12H17N3S. The van der Waals surface area contributed by atoms with E-state index < -0.39 is 0 Å². The van der Waals surface area contributed by atoms with Crippen LogP contribution < -0.4 is 5.32 Å². The van der Waals surface area contributed by atoms with Crippen LogP contribution in [0.3, 0.4) is 0 Å². The molecule has 0 unspecified atom stereocenters. The maximum Gasteiger partial charge on any atom is 0.138 e. The summed E-state index contributed by atoms with van der Waals surface area (Å²) in [6, 6.07) is 2.08. The summed E-state index contributed by atoms with van der Waals surface area (Å²) in [6.45, 7) is 6.62. The van der Waals surface area contributed by atoms with E-state index in [1.165, 1.54) is 0 Å². The zero-order chi connectivity index (χ0) is 11.6. The molecule has 0 aliphatic rings. The Labute approximate surface area is 99.9 Å². The Morgan fingerprint density at radius 3 is 2.75 bits per heavy atom. The first-order chi connectivity index (χ1) is 7.68. The van der Waals surface area contributed by atoms with Crippen molar-refractivity contribution in [3.63, 3.8) is 0 Å². The lowest BCUT2D eigenvalue weighted by Crippen LogP contribution is -2.33. The first-order valence-electron chi connectivity index (χ1n) is 5.65. The number of thiophene rings is 1. The molecule has 1 N–H and O–H groups in total. The molecule has 3 nitrogen and oxygen atoms in total. The lowest BCUT2D eigenvalue weighted by molar-refractivity contribution is 0.477. The van der Waals surface area contributed by atoms with Crippen molar-refractivity contribution in [2.45, 2.75) is 39.2 Å². The van der Waals surface area contributed by atoms with Gasteiger partial charge in [-0.3, -0.25) is 0 Å².